The Morgan fingerprint density at radius 2 is 0.824 bits per heavy atom. The number of halogens is 4. The highest BCUT2D eigenvalue weighted by Crippen LogP contribution is 2.51. The number of nitrogens with two attached hydrogens (primary N) is 2. The highest BCUT2D eigenvalue weighted by atomic mass is 19.3. The average Bonchev–Trinajstić information content (AvgIpc) is 2.79. The molecule has 2 nitrogen and oxygen atoms in total. The van der Waals surface area contributed by atoms with Crippen LogP contribution in [-0.4, -0.2) is 0 Å². The molecule has 0 aliphatic carbocycles. The molecule has 0 unspecified atom stereocenters. The van der Waals surface area contributed by atoms with Gasteiger partial charge in [-0.3, -0.25) is 0 Å². The maximum atomic E-state index is 15.7. The molecule has 0 aromatic heterocycles. The number of aryl methyl sites for hydroxylation is 4. The smallest absolute Gasteiger partial charge is 0.339 e. The molecule has 0 spiro atoms. The fraction of sp³-hybridized carbons (Fsp3) is 0.571. The fourth-order valence-electron chi connectivity index (χ4n) is 4.38. The van der Waals surface area contributed by atoms with Crippen LogP contribution in [0.1, 0.15) is 99.6 Å². The van der Waals surface area contributed by atoms with Gasteiger partial charge in [-0.25, -0.2) is 0 Å². The third-order valence-electron chi connectivity index (χ3n) is 6.46. The van der Waals surface area contributed by atoms with Gasteiger partial charge in [0.1, 0.15) is 0 Å². The summed E-state index contributed by atoms with van der Waals surface area (Å²) in [4.78, 5) is 0. The number of unbranched alkanes of at least 4 members (excludes halogenated alkanes) is 2. The molecule has 0 aliphatic rings. The van der Waals surface area contributed by atoms with Gasteiger partial charge in [0.15, 0.2) is 0 Å². The highest BCUT2D eigenvalue weighted by molar-refractivity contribution is 5.59. The van der Waals surface area contributed by atoms with Gasteiger partial charge in [0, 0.05) is 22.5 Å². The predicted octanol–water partition coefficient (Wildman–Crippen LogP) is 8.33. The van der Waals surface area contributed by atoms with Crippen LogP contribution in [0.25, 0.3) is 0 Å². The molecule has 0 heterocycles. The zero-order valence-corrected chi connectivity index (χ0v) is 21.0. The lowest BCUT2D eigenvalue weighted by molar-refractivity contribution is -0.224. The highest BCUT2D eigenvalue weighted by Gasteiger charge is 2.59. The summed E-state index contributed by atoms with van der Waals surface area (Å²) in [6.07, 6.45) is 6.46. The van der Waals surface area contributed by atoms with Gasteiger partial charge in [-0.05, 0) is 85.0 Å². The molecule has 0 bridgehead atoms. The summed E-state index contributed by atoms with van der Waals surface area (Å²) in [5.74, 6) is -8.79. The molecule has 2 aromatic rings. The van der Waals surface area contributed by atoms with Crippen molar-refractivity contribution in [2.24, 2.45) is 0 Å². The minimum Gasteiger partial charge on any atom is -0.398 e. The van der Waals surface area contributed by atoms with E-state index >= 15 is 17.6 Å². The topological polar surface area (TPSA) is 52.0 Å². The number of rotatable bonds is 13. The molecule has 4 N–H and O–H groups in total. The minimum absolute atomic E-state index is 0.442. The third-order valence-corrected chi connectivity index (χ3v) is 6.46. The SMILES string of the molecule is CCCCc1cc(C(F)(F)C(F)(F)c2cc(CCC)c(N)c(CCCC)c2)cc(CCC)c1N. The summed E-state index contributed by atoms with van der Waals surface area (Å²) in [5.41, 5.74) is 14.1. The predicted molar refractivity (Wildman–Crippen MR) is 135 cm³/mol. The van der Waals surface area contributed by atoms with Crippen LogP contribution in [0, 0.1) is 0 Å². The Balaban J connectivity index is 2.64. The van der Waals surface area contributed by atoms with Gasteiger partial charge < -0.3 is 11.5 Å². The van der Waals surface area contributed by atoms with Gasteiger partial charge in [0.25, 0.3) is 0 Å². The Hall–Kier alpha value is -2.24. The minimum atomic E-state index is -4.40. The van der Waals surface area contributed by atoms with Gasteiger partial charge in [-0.1, -0.05) is 53.4 Å². The zero-order valence-electron chi connectivity index (χ0n) is 21.0. The Kier molecular flexibility index (Phi) is 9.84. The summed E-state index contributed by atoms with van der Waals surface area (Å²) < 4.78 is 62.6. The van der Waals surface area contributed by atoms with E-state index in [9.17, 15) is 0 Å². The third kappa shape index (κ3) is 5.87. The summed E-state index contributed by atoms with van der Waals surface area (Å²) in [5, 5.41) is 0. The van der Waals surface area contributed by atoms with Crippen LogP contribution in [0.3, 0.4) is 0 Å². The van der Waals surface area contributed by atoms with Crippen LogP contribution in [0.2, 0.25) is 0 Å². The Bertz CT molecular complexity index is 876. The summed E-state index contributed by atoms with van der Waals surface area (Å²) in [7, 11) is 0. The first-order valence-corrected chi connectivity index (χ1v) is 12.6. The van der Waals surface area contributed by atoms with Crippen molar-refractivity contribution in [3.05, 3.63) is 57.6 Å². The van der Waals surface area contributed by atoms with E-state index < -0.39 is 23.0 Å². The van der Waals surface area contributed by atoms with Crippen LogP contribution < -0.4 is 11.5 Å². The Labute approximate surface area is 202 Å². The molecular formula is C28H40F4N2. The van der Waals surface area contributed by atoms with Crippen LogP contribution in [0.15, 0.2) is 24.3 Å². The van der Waals surface area contributed by atoms with Crippen molar-refractivity contribution >= 4 is 11.4 Å². The van der Waals surface area contributed by atoms with E-state index in [1.165, 1.54) is 24.3 Å². The van der Waals surface area contributed by atoms with Gasteiger partial charge in [0.2, 0.25) is 0 Å². The molecule has 0 saturated heterocycles. The van der Waals surface area contributed by atoms with Crippen molar-refractivity contribution in [2.75, 3.05) is 11.5 Å². The number of benzene rings is 2. The van der Waals surface area contributed by atoms with Crippen molar-refractivity contribution in [3.63, 3.8) is 0 Å². The first-order valence-electron chi connectivity index (χ1n) is 12.6. The lowest BCUT2D eigenvalue weighted by Gasteiger charge is -2.29. The van der Waals surface area contributed by atoms with E-state index in [0.29, 0.717) is 72.2 Å². The monoisotopic (exact) mass is 480 g/mol. The number of nitrogen functional groups attached to an aromatic ring is 2. The van der Waals surface area contributed by atoms with E-state index in [0.717, 1.165) is 25.7 Å². The first kappa shape index (κ1) is 28.0. The molecule has 34 heavy (non-hydrogen) atoms. The molecular weight excluding hydrogens is 440 g/mol. The van der Waals surface area contributed by atoms with E-state index in [4.69, 9.17) is 11.5 Å². The molecule has 0 amide bonds. The second-order valence-corrected chi connectivity index (χ2v) is 9.27. The lowest BCUT2D eigenvalue weighted by Crippen LogP contribution is -2.36. The molecule has 2 aromatic carbocycles. The largest absolute Gasteiger partial charge is 0.398 e. The second-order valence-electron chi connectivity index (χ2n) is 9.27. The lowest BCUT2D eigenvalue weighted by atomic mass is 9.88. The molecule has 0 saturated carbocycles. The first-order chi connectivity index (χ1) is 16.0. The summed E-state index contributed by atoms with van der Waals surface area (Å²) in [6.45, 7) is 7.79. The van der Waals surface area contributed by atoms with Crippen molar-refractivity contribution < 1.29 is 17.6 Å². The van der Waals surface area contributed by atoms with Crippen LogP contribution in [0.5, 0.6) is 0 Å². The molecule has 0 radical (unpaired) electrons. The van der Waals surface area contributed by atoms with Crippen LogP contribution in [-0.2, 0) is 37.5 Å². The van der Waals surface area contributed by atoms with Crippen LogP contribution in [0.4, 0.5) is 28.9 Å². The maximum Gasteiger partial charge on any atom is 0.339 e. The molecule has 0 fully saturated rings. The van der Waals surface area contributed by atoms with Crippen molar-refractivity contribution in [1.82, 2.24) is 0 Å². The molecule has 2 rings (SSSR count). The van der Waals surface area contributed by atoms with Gasteiger partial charge in [-0.2, -0.15) is 17.6 Å². The molecule has 0 atom stereocenters. The van der Waals surface area contributed by atoms with Gasteiger partial charge in [0.05, 0.1) is 0 Å². The zero-order chi connectivity index (χ0) is 25.5. The van der Waals surface area contributed by atoms with E-state index in [1.807, 2.05) is 27.7 Å². The molecule has 6 heteroatoms. The summed E-state index contributed by atoms with van der Waals surface area (Å²) in [6, 6.07) is 4.70. The van der Waals surface area contributed by atoms with Gasteiger partial charge >= 0.3 is 11.8 Å². The van der Waals surface area contributed by atoms with E-state index in [-0.39, 0.29) is 0 Å². The van der Waals surface area contributed by atoms with Crippen molar-refractivity contribution in [1.29, 1.82) is 0 Å². The number of anilines is 2. The standard InChI is InChI=1S/C28H40F4N2/c1-5-9-13-21-17-23(15-19(11-7-3)25(21)33)27(29,30)28(31,32)24-16-20(12-8-4)26(34)22(18-24)14-10-6-2/h15-18H,5-14,33-34H2,1-4H3. The number of hydrogen-bond donors (Lipinski definition) is 2. The maximum absolute atomic E-state index is 15.7. The average molecular weight is 481 g/mol. The van der Waals surface area contributed by atoms with Crippen molar-refractivity contribution in [2.45, 2.75) is 104 Å². The Morgan fingerprint density at radius 1 is 0.529 bits per heavy atom. The number of alkyl halides is 4. The summed E-state index contributed by atoms with van der Waals surface area (Å²) >= 11 is 0. The van der Waals surface area contributed by atoms with E-state index in [2.05, 4.69) is 0 Å². The van der Waals surface area contributed by atoms with Crippen LogP contribution >= 0.6 is 0 Å². The Morgan fingerprint density at radius 3 is 1.09 bits per heavy atom. The quantitative estimate of drug-likeness (QED) is 0.224. The molecule has 0 aliphatic heterocycles. The fourth-order valence-corrected chi connectivity index (χ4v) is 4.38. The molecule has 190 valence electrons. The van der Waals surface area contributed by atoms with Gasteiger partial charge in [-0.15, -0.1) is 0 Å². The normalized spacial score (nSPS) is 12.4. The van der Waals surface area contributed by atoms with E-state index in [1.54, 1.807) is 0 Å². The number of hydrogen-bond acceptors (Lipinski definition) is 2. The van der Waals surface area contributed by atoms with Crippen molar-refractivity contribution in [3.8, 4) is 0 Å². The second kappa shape index (κ2) is 11.9.